The average molecular weight is 320 g/mol. The first-order chi connectivity index (χ1) is 11.1. The highest BCUT2D eigenvalue weighted by Crippen LogP contribution is 2.25. The van der Waals surface area contributed by atoms with Crippen LogP contribution in [0.25, 0.3) is 11.5 Å². The number of carbonyl (C=O) groups excluding carboxylic acids is 1. The lowest BCUT2D eigenvalue weighted by molar-refractivity contribution is 0.101. The SMILES string of the molecule is CCCOc1nc(OCCC)nc(-c2noc(C)c2C(C)=O)n1. The van der Waals surface area contributed by atoms with Crippen LogP contribution in [-0.4, -0.2) is 39.1 Å². The van der Waals surface area contributed by atoms with E-state index in [4.69, 9.17) is 14.0 Å². The quantitative estimate of drug-likeness (QED) is 0.684. The number of ether oxygens (including phenoxy) is 2. The van der Waals surface area contributed by atoms with Gasteiger partial charge in [0.05, 0.1) is 18.8 Å². The Bertz CT molecular complexity index is 658. The Labute approximate surface area is 134 Å². The molecule has 0 unspecified atom stereocenters. The highest BCUT2D eigenvalue weighted by atomic mass is 16.5. The van der Waals surface area contributed by atoms with E-state index in [-0.39, 0.29) is 29.3 Å². The monoisotopic (exact) mass is 320 g/mol. The second-order valence-electron chi connectivity index (χ2n) is 4.94. The Kier molecular flexibility index (Phi) is 5.61. The zero-order chi connectivity index (χ0) is 16.8. The van der Waals surface area contributed by atoms with Gasteiger partial charge in [-0.15, -0.1) is 4.98 Å². The van der Waals surface area contributed by atoms with Crippen molar-refractivity contribution in [2.45, 2.75) is 40.5 Å². The van der Waals surface area contributed by atoms with Crippen LogP contribution >= 0.6 is 0 Å². The number of aryl methyl sites for hydroxylation is 1. The van der Waals surface area contributed by atoms with E-state index in [1.165, 1.54) is 6.92 Å². The lowest BCUT2D eigenvalue weighted by Crippen LogP contribution is -2.08. The summed E-state index contributed by atoms with van der Waals surface area (Å²) >= 11 is 0. The van der Waals surface area contributed by atoms with Crippen molar-refractivity contribution >= 4 is 5.78 Å². The summed E-state index contributed by atoms with van der Waals surface area (Å²) in [6.07, 6.45) is 1.63. The Morgan fingerprint density at radius 2 is 1.61 bits per heavy atom. The molecule has 8 nitrogen and oxygen atoms in total. The van der Waals surface area contributed by atoms with Gasteiger partial charge in [0.25, 0.3) is 0 Å². The van der Waals surface area contributed by atoms with Gasteiger partial charge >= 0.3 is 12.0 Å². The van der Waals surface area contributed by atoms with Crippen LogP contribution in [-0.2, 0) is 0 Å². The molecule has 0 N–H and O–H groups in total. The minimum absolute atomic E-state index is 0.137. The summed E-state index contributed by atoms with van der Waals surface area (Å²) in [5.41, 5.74) is 0.610. The summed E-state index contributed by atoms with van der Waals surface area (Å²) in [6.45, 7) is 7.99. The van der Waals surface area contributed by atoms with Crippen LogP contribution < -0.4 is 9.47 Å². The van der Waals surface area contributed by atoms with Crippen LogP contribution in [0.3, 0.4) is 0 Å². The molecule has 0 spiro atoms. The molecule has 0 saturated carbocycles. The minimum atomic E-state index is -0.175. The Morgan fingerprint density at radius 3 is 2.09 bits per heavy atom. The molecule has 0 fully saturated rings. The third kappa shape index (κ3) is 4.02. The van der Waals surface area contributed by atoms with E-state index >= 15 is 0 Å². The van der Waals surface area contributed by atoms with Crippen LogP contribution in [0, 0.1) is 6.92 Å². The molecular formula is C15H20N4O4. The molecule has 0 bridgehead atoms. The number of nitrogens with zero attached hydrogens (tertiary/aromatic N) is 4. The van der Waals surface area contributed by atoms with Crippen LogP contribution in [0.1, 0.15) is 49.7 Å². The Morgan fingerprint density at radius 1 is 1.04 bits per heavy atom. The van der Waals surface area contributed by atoms with Gasteiger partial charge in [0.1, 0.15) is 5.76 Å². The molecule has 0 saturated heterocycles. The maximum Gasteiger partial charge on any atom is 0.323 e. The van der Waals surface area contributed by atoms with Crippen LogP contribution in [0.4, 0.5) is 0 Å². The van der Waals surface area contributed by atoms with Crippen molar-refractivity contribution in [1.82, 2.24) is 20.1 Å². The van der Waals surface area contributed by atoms with E-state index in [2.05, 4.69) is 20.1 Å². The largest absolute Gasteiger partial charge is 0.463 e. The van der Waals surface area contributed by atoms with Gasteiger partial charge in [0.15, 0.2) is 17.3 Å². The zero-order valence-electron chi connectivity index (χ0n) is 13.8. The molecule has 2 heterocycles. The zero-order valence-corrected chi connectivity index (χ0v) is 13.8. The molecule has 0 aromatic carbocycles. The van der Waals surface area contributed by atoms with Crippen molar-refractivity contribution in [3.05, 3.63) is 11.3 Å². The maximum absolute atomic E-state index is 11.8. The normalized spacial score (nSPS) is 10.6. The molecule has 0 amide bonds. The molecule has 8 heteroatoms. The topological polar surface area (TPSA) is 100 Å². The summed E-state index contributed by atoms with van der Waals surface area (Å²) in [5.74, 6) is 0.436. The molecule has 0 aliphatic rings. The van der Waals surface area contributed by atoms with Gasteiger partial charge in [-0.2, -0.15) is 9.97 Å². The molecule has 0 aliphatic heterocycles. The van der Waals surface area contributed by atoms with Crippen molar-refractivity contribution in [2.24, 2.45) is 0 Å². The van der Waals surface area contributed by atoms with Gasteiger partial charge in [-0.25, -0.2) is 0 Å². The smallest absolute Gasteiger partial charge is 0.323 e. The summed E-state index contributed by atoms with van der Waals surface area (Å²) in [7, 11) is 0. The molecule has 2 aromatic heterocycles. The minimum Gasteiger partial charge on any atom is -0.463 e. The summed E-state index contributed by atoms with van der Waals surface area (Å²) in [6, 6.07) is 0.274. The molecule has 124 valence electrons. The predicted molar refractivity (Wildman–Crippen MR) is 81.6 cm³/mol. The first-order valence-corrected chi connectivity index (χ1v) is 7.56. The third-order valence-corrected chi connectivity index (χ3v) is 2.89. The highest BCUT2D eigenvalue weighted by Gasteiger charge is 2.22. The van der Waals surface area contributed by atoms with E-state index in [9.17, 15) is 4.79 Å². The van der Waals surface area contributed by atoms with E-state index in [1.807, 2.05) is 13.8 Å². The number of carbonyl (C=O) groups is 1. The Hall–Kier alpha value is -2.51. The van der Waals surface area contributed by atoms with Crippen LogP contribution in [0.5, 0.6) is 12.0 Å². The molecule has 2 rings (SSSR count). The highest BCUT2D eigenvalue weighted by molar-refractivity contribution is 6.00. The van der Waals surface area contributed by atoms with E-state index < -0.39 is 0 Å². The van der Waals surface area contributed by atoms with Gasteiger partial charge in [0, 0.05) is 0 Å². The fourth-order valence-electron chi connectivity index (χ4n) is 1.90. The summed E-state index contributed by atoms with van der Waals surface area (Å²) in [5, 5.41) is 3.89. The molecule has 23 heavy (non-hydrogen) atoms. The van der Waals surface area contributed by atoms with Crippen molar-refractivity contribution in [1.29, 1.82) is 0 Å². The summed E-state index contributed by atoms with van der Waals surface area (Å²) in [4.78, 5) is 24.3. The molecule has 0 radical (unpaired) electrons. The average Bonchev–Trinajstić information content (AvgIpc) is 2.92. The lowest BCUT2D eigenvalue weighted by Gasteiger charge is -2.07. The number of rotatable bonds is 8. The van der Waals surface area contributed by atoms with Crippen LogP contribution in [0.15, 0.2) is 4.52 Å². The molecular weight excluding hydrogens is 300 g/mol. The lowest BCUT2D eigenvalue weighted by atomic mass is 10.1. The fraction of sp³-hybridized carbons (Fsp3) is 0.533. The summed E-state index contributed by atoms with van der Waals surface area (Å²) < 4.78 is 16.0. The van der Waals surface area contributed by atoms with Gasteiger partial charge in [-0.1, -0.05) is 19.0 Å². The van der Waals surface area contributed by atoms with Gasteiger partial charge in [-0.05, 0) is 26.7 Å². The predicted octanol–water partition coefficient (Wildman–Crippen LogP) is 2.62. The molecule has 2 aromatic rings. The third-order valence-electron chi connectivity index (χ3n) is 2.89. The number of Topliss-reactive ketones (excluding diaryl/α,β-unsaturated/α-hetero) is 1. The van der Waals surface area contributed by atoms with Gasteiger partial charge in [-0.3, -0.25) is 4.79 Å². The van der Waals surface area contributed by atoms with Crippen LogP contribution in [0.2, 0.25) is 0 Å². The number of hydrogen-bond acceptors (Lipinski definition) is 8. The molecule has 0 atom stereocenters. The van der Waals surface area contributed by atoms with E-state index in [1.54, 1.807) is 6.92 Å². The second-order valence-corrected chi connectivity index (χ2v) is 4.94. The maximum atomic E-state index is 11.8. The van der Waals surface area contributed by atoms with Crippen molar-refractivity contribution < 1.29 is 18.8 Å². The number of aromatic nitrogens is 4. The number of hydrogen-bond donors (Lipinski definition) is 0. The first-order valence-electron chi connectivity index (χ1n) is 7.56. The van der Waals surface area contributed by atoms with Gasteiger partial charge in [0.2, 0.25) is 0 Å². The van der Waals surface area contributed by atoms with E-state index in [0.717, 1.165) is 12.8 Å². The second kappa shape index (κ2) is 7.66. The van der Waals surface area contributed by atoms with Gasteiger partial charge < -0.3 is 14.0 Å². The first kappa shape index (κ1) is 16.9. The van der Waals surface area contributed by atoms with Crippen molar-refractivity contribution in [3.63, 3.8) is 0 Å². The van der Waals surface area contributed by atoms with Crippen molar-refractivity contribution in [2.75, 3.05) is 13.2 Å². The standard InChI is InChI=1S/C15H20N4O4/c1-5-7-21-14-16-13(17-15(18-14)22-8-6-2)12-11(9(3)20)10(4)23-19-12/h5-8H2,1-4H3. The van der Waals surface area contributed by atoms with E-state index in [0.29, 0.717) is 24.5 Å². The Balaban J connectivity index is 2.45. The van der Waals surface area contributed by atoms with Crippen molar-refractivity contribution in [3.8, 4) is 23.5 Å². The molecule has 0 aliphatic carbocycles. The fourth-order valence-corrected chi connectivity index (χ4v) is 1.90. The number of ketones is 1.